The predicted molar refractivity (Wildman–Crippen MR) is 130 cm³/mol. The Kier molecular flexibility index (Phi) is 6.89. The highest BCUT2D eigenvalue weighted by molar-refractivity contribution is 7.12. The third kappa shape index (κ3) is 5.01. The van der Waals surface area contributed by atoms with E-state index in [4.69, 9.17) is 27.9 Å². The molecule has 6 nitrogen and oxygen atoms in total. The summed E-state index contributed by atoms with van der Waals surface area (Å²) in [5.41, 5.74) is 1.73. The summed E-state index contributed by atoms with van der Waals surface area (Å²) in [6.07, 6.45) is 0.789. The number of carbonyl (C=O) groups is 2. The molecule has 1 aromatic heterocycles. The van der Waals surface area contributed by atoms with Crippen molar-refractivity contribution in [2.45, 2.75) is 12.5 Å². The van der Waals surface area contributed by atoms with Gasteiger partial charge in [-0.15, -0.1) is 11.3 Å². The van der Waals surface area contributed by atoms with Crippen molar-refractivity contribution in [3.63, 3.8) is 0 Å². The average molecular weight is 490 g/mol. The van der Waals surface area contributed by atoms with E-state index in [-0.39, 0.29) is 17.9 Å². The number of halogens is 2. The summed E-state index contributed by atoms with van der Waals surface area (Å²) >= 11 is 13.7. The Morgan fingerprint density at radius 3 is 2.72 bits per heavy atom. The molecule has 1 aliphatic rings. The number of hydrogen-bond acceptors (Lipinski definition) is 5. The number of rotatable bonds is 6. The van der Waals surface area contributed by atoms with Crippen molar-refractivity contribution in [3.05, 3.63) is 74.4 Å². The smallest absolute Gasteiger partial charge is 0.265 e. The van der Waals surface area contributed by atoms with Gasteiger partial charge in [-0.3, -0.25) is 9.59 Å². The zero-order valence-electron chi connectivity index (χ0n) is 17.2. The van der Waals surface area contributed by atoms with Crippen LogP contribution >= 0.6 is 34.5 Å². The second-order valence-electron chi connectivity index (χ2n) is 7.35. The molecular formula is C23H21Cl2N3O3S. The van der Waals surface area contributed by atoms with Crippen molar-refractivity contribution < 1.29 is 14.3 Å². The van der Waals surface area contributed by atoms with Gasteiger partial charge in [0.2, 0.25) is 0 Å². The van der Waals surface area contributed by atoms with Crippen LogP contribution in [0.25, 0.3) is 0 Å². The molecule has 1 fully saturated rings. The molecule has 32 heavy (non-hydrogen) atoms. The Hall–Kier alpha value is -2.74. The molecule has 4 rings (SSSR count). The maximum absolute atomic E-state index is 12.9. The van der Waals surface area contributed by atoms with E-state index < -0.39 is 0 Å². The lowest BCUT2D eigenvalue weighted by Crippen LogP contribution is -2.37. The lowest BCUT2D eigenvalue weighted by atomic mass is 10.1. The van der Waals surface area contributed by atoms with Gasteiger partial charge in [0.25, 0.3) is 11.8 Å². The summed E-state index contributed by atoms with van der Waals surface area (Å²) in [6, 6.07) is 13.8. The van der Waals surface area contributed by atoms with Crippen LogP contribution in [0.15, 0.2) is 53.9 Å². The van der Waals surface area contributed by atoms with Gasteiger partial charge in [0, 0.05) is 29.7 Å². The number of hydrogen-bond donors (Lipinski definition) is 2. The third-order valence-corrected chi connectivity index (χ3v) is 6.66. The molecule has 2 amide bonds. The summed E-state index contributed by atoms with van der Waals surface area (Å²) in [7, 11) is 1.62. The van der Waals surface area contributed by atoms with E-state index in [0.717, 1.165) is 24.4 Å². The van der Waals surface area contributed by atoms with Crippen LogP contribution < -0.4 is 20.3 Å². The summed E-state index contributed by atoms with van der Waals surface area (Å²) in [6.45, 7) is 1.41. The summed E-state index contributed by atoms with van der Waals surface area (Å²) in [4.78, 5) is 27.9. The van der Waals surface area contributed by atoms with Gasteiger partial charge in [-0.05, 0) is 54.3 Å². The fourth-order valence-corrected chi connectivity index (χ4v) is 4.58. The molecule has 1 atom stereocenters. The van der Waals surface area contributed by atoms with E-state index in [1.165, 1.54) is 11.3 Å². The molecule has 0 spiro atoms. The van der Waals surface area contributed by atoms with E-state index in [1.54, 1.807) is 43.5 Å². The first-order chi connectivity index (χ1) is 15.4. The Labute approximate surface area is 200 Å². The van der Waals surface area contributed by atoms with E-state index in [0.29, 0.717) is 32.7 Å². The lowest BCUT2D eigenvalue weighted by Gasteiger charge is -2.22. The van der Waals surface area contributed by atoms with Gasteiger partial charge in [0.15, 0.2) is 0 Å². The van der Waals surface area contributed by atoms with E-state index >= 15 is 0 Å². The molecule has 166 valence electrons. The molecule has 1 aliphatic heterocycles. The van der Waals surface area contributed by atoms with Gasteiger partial charge < -0.3 is 20.3 Å². The summed E-state index contributed by atoms with van der Waals surface area (Å²) < 4.78 is 5.45. The monoisotopic (exact) mass is 489 g/mol. The number of benzene rings is 2. The quantitative estimate of drug-likeness (QED) is 0.491. The van der Waals surface area contributed by atoms with Crippen molar-refractivity contribution in [1.82, 2.24) is 5.32 Å². The summed E-state index contributed by atoms with van der Waals surface area (Å²) in [5, 5.41) is 8.66. The minimum absolute atomic E-state index is 0.0361. The fourth-order valence-electron chi connectivity index (χ4n) is 3.63. The molecule has 1 saturated heterocycles. The molecule has 1 unspecified atom stereocenters. The van der Waals surface area contributed by atoms with E-state index in [9.17, 15) is 9.59 Å². The average Bonchev–Trinajstić information content (AvgIpc) is 3.47. The Bertz CT molecular complexity index is 1140. The van der Waals surface area contributed by atoms with Gasteiger partial charge in [-0.1, -0.05) is 29.3 Å². The number of carbonyl (C=O) groups excluding carboxylic acids is 2. The molecule has 2 N–H and O–H groups in total. The van der Waals surface area contributed by atoms with E-state index in [1.807, 2.05) is 17.5 Å². The zero-order valence-corrected chi connectivity index (χ0v) is 19.6. The normalized spacial score (nSPS) is 15.5. The Morgan fingerprint density at radius 2 is 1.97 bits per heavy atom. The van der Waals surface area contributed by atoms with Gasteiger partial charge in [0.05, 0.1) is 28.4 Å². The highest BCUT2D eigenvalue weighted by Crippen LogP contribution is 2.33. The van der Waals surface area contributed by atoms with Crippen molar-refractivity contribution >= 4 is 57.7 Å². The Morgan fingerprint density at radius 1 is 1.12 bits per heavy atom. The van der Waals surface area contributed by atoms with Crippen molar-refractivity contribution in [2.75, 3.05) is 30.4 Å². The number of anilines is 2. The van der Waals surface area contributed by atoms with Gasteiger partial charge in [-0.25, -0.2) is 0 Å². The van der Waals surface area contributed by atoms with Crippen LogP contribution in [0.2, 0.25) is 10.0 Å². The van der Waals surface area contributed by atoms with Gasteiger partial charge in [0.1, 0.15) is 5.75 Å². The van der Waals surface area contributed by atoms with Crippen LogP contribution in [-0.4, -0.2) is 38.1 Å². The first-order valence-electron chi connectivity index (χ1n) is 9.98. The highest BCUT2D eigenvalue weighted by Gasteiger charge is 2.26. The number of nitrogens with zero attached hydrogens (tertiary/aromatic N) is 1. The van der Waals surface area contributed by atoms with Gasteiger partial charge >= 0.3 is 0 Å². The topological polar surface area (TPSA) is 70.7 Å². The lowest BCUT2D eigenvalue weighted by molar-refractivity contribution is 0.0939. The molecule has 0 saturated carbocycles. The minimum atomic E-state index is -0.263. The molecule has 2 heterocycles. The number of thiophene rings is 1. The summed E-state index contributed by atoms with van der Waals surface area (Å²) in [5.74, 6) is 0.254. The van der Waals surface area contributed by atoms with Crippen LogP contribution in [0.1, 0.15) is 26.5 Å². The van der Waals surface area contributed by atoms with Crippen molar-refractivity contribution in [2.24, 2.45) is 0 Å². The number of methoxy groups -OCH3 is 1. The largest absolute Gasteiger partial charge is 0.495 e. The van der Waals surface area contributed by atoms with Crippen molar-refractivity contribution in [3.8, 4) is 5.75 Å². The molecular weight excluding hydrogens is 469 g/mol. The fraction of sp³-hybridized carbons (Fsp3) is 0.217. The van der Waals surface area contributed by atoms with Crippen LogP contribution in [0.3, 0.4) is 0 Å². The predicted octanol–water partition coefficient (Wildman–Crippen LogP) is 5.32. The molecule has 0 aliphatic carbocycles. The molecule has 3 aromatic rings. The number of ether oxygens (including phenoxy) is 1. The second-order valence-corrected chi connectivity index (χ2v) is 9.14. The first kappa shape index (κ1) is 22.5. The third-order valence-electron chi connectivity index (χ3n) is 5.23. The Balaban J connectivity index is 1.42. The van der Waals surface area contributed by atoms with Crippen LogP contribution in [0, 0.1) is 0 Å². The van der Waals surface area contributed by atoms with E-state index in [2.05, 4.69) is 15.5 Å². The molecule has 9 heteroatoms. The second kappa shape index (κ2) is 9.81. The van der Waals surface area contributed by atoms with Crippen LogP contribution in [-0.2, 0) is 0 Å². The highest BCUT2D eigenvalue weighted by atomic mass is 35.5. The van der Waals surface area contributed by atoms with Crippen LogP contribution in [0.4, 0.5) is 11.4 Å². The maximum Gasteiger partial charge on any atom is 0.265 e. The molecule has 0 bridgehead atoms. The van der Waals surface area contributed by atoms with Gasteiger partial charge in [-0.2, -0.15) is 0 Å². The zero-order chi connectivity index (χ0) is 22.7. The van der Waals surface area contributed by atoms with Crippen molar-refractivity contribution in [1.29, 1.82) is 0 Å². The SMILES string of the molecule is COc1ccc(Cl)cc1N1CCC(NC(=O)c2ccc(Cl)c(NC(=O)c3cccs3)c2)C1. The minimum Gasteiger partial charge on any atom is -0.495 e. The van der Waals surface area contributed by atoms with Crippen LogP contribution in [0.5, 0.6) is 5.75 Å². The molecule has 0 radical (unpaired) electrons. The number of nitrogens with one attached hydrogen (secondary N) is 2. The standard InChI is InChI=1S/C23H21Cl2N3O3S/c1-31-20-7-5-15(24)12-19(20)28-9-8-16(13-28)26-22(29)14-4-6-17(25)18(11-14)27-23(30)21-3-2-10-32-21/h2-7,10-12,16H,8-9,13H2,1H3,(H,26,29)(H,27,30). The molecule has 2 aromatic carbocycles. The number of amides is 2. The first-order valence-corrected chi connectivity index (χ1v) is 11.6. The maximum atomic E-state index is 12.9.